The van der Waals surface area contributed by atoms with Crippen molar-refractivity contribution in [1.29, 1.82) is 0 Å². The van der Waals surface area contributed by atoms with E-state index in [0.717, 1.165) is 17.2 Å². The van der Waals surface area contributed by atoms with Crippen molar-refractivity contribution in [2.45, 2.75) is 6.18 Å². The second-order valence-corrected chi connectivity index (χ2v) is 6.20. The molecule has 1 aromatic heterocycles. The maximum absolute atomic E-state index is 13.4. The summed E-state index contributed by atoms with van der Waals surface area (Å²) in [4.78, 5) is 14.8. The van der Waals surface area contributed by atoms with Crippen LogP contribution in [-0.4, -0.2) is 11.3 Å². The molecule has 27 heavy (non-hydrogen) atoms. The fourth-order valence-corrected chi connectivity index (χ4v) is 3.31. The first kappa shape index (κ1) is 17.1. The Morgan fingerprint density at radius 2 is 1.52 bits per heavy atom. The Kier molecular flexibility index (Phi) is 4.07. The number of H-pyrrole nitrogens is 1. The molecule has 0 spiro atoms. The number of carbonyl (C=O) groups is 1. The van der Waals surface area contributed by atoms with Crippen LogP contribution in [0.1, 0.15) is 15.9 Å². The van der Waals surface area contributed by atoms with E-state index in [9.17, 15) is 18.0 Å². The lowest BCUT2D eigenvalue weighted by atomic mass is 9.99. The van der Waals surface area contributed by atoms with E-state index in [4.69, 9.17) is 0 Å². The lowest BCUT2D eigenvalue weighted by molar-refractivity contribution is -0.137. The van der Waals surface area contributed by atoms with Crippen LogP contribution in [0.25, 0.3) is 33.3 Å². The topological polar surface area (TPSA) is 32.9 Å². The molecule has 2 nitrogen and oxygen atoms in total. The van der Waals surface area contributed by atoms with E-state index in [1.807, 2.05) is 42.5 Å². The summed E-state index contributed by atoms with van der Waals surface area (Å²) in [6.07, 6.45) is -3.90. The highest BCUT2D eigenvalue weighted by atomic mass is 19.4. The molecule has 0 aliphatic carbocycles. The van der Waals surface area contributed by atoms with Crippen molar-refractivity contribution in [1.82, 2.24) is 4.98 Å². The van der Waals surface area contributed by atoms with E-state index in [2.05, 4.69) is 4.98 Å². The zero-order valence-corrected chi connectivity index (χ0v) is 14.0. The van der Waals surface area contributed by atoms with Crippen LogP contribution in [0.15, 0.2) is 72.8 Å². The van der Waals surface area contributed by atoms with Gasteiger partial charge in [-0.1, -0.05) is 54.6 Å². The lowest BCUT2D eigenvalue weighted by Gasteiger charge is -2.12. The van der Waals surface area contributed by atoms with Gasteiger partial charge >= 0.3 is 6.18 Å². The zero-order chi connectivity index (χ0) is 19.0. The number of alkyl halides is 3. The predicted octanol–water partition coefficient (Wildman–Crippen LogP) is 6.33. The van der Waals surface area contributed by atoms with Crippen LogP contribution in [0.3, 0.4) is 0 Å². The minimum atomic E-state index is -4.51. The van der Waals surface area contributed by atoms with Gasteiger partial charge in [-0.05, 0) is 29.3 Å². The number of aromatic nitrogens is 1. The number of rotatable bonds is 3. The molecule has 0 radical (unpaired) electrons. The summed E-state index contributed by atoms with van der Waals surface area (Å²) in [5, 5.41) is 0.596. The molecule has 4 aromatic rings. The van der Waals surface area contributed by atoms with Gasteiger partial charge in [-0.15, -0.1) is 0 Å². The SMILES string of the molecule is O=Cc1c(-c2ccccc2C(F)(F)F)[nH]c2ccc(-c3ccccc3)cc12. The van der Waals surface area contributed by atoms with Gasteiger partial charge in [0.15, 0.2) is 6.29 Å². The van der Waals surface area contributed by atoms with E-state index in [1.165, 1.54) is 18.2 Å². The molecule has 0 aliphatic rings. The summed E-state index contributed by atoms with van der Waals surface area (Å²) in [6, 6.07) is 20.3. The van der Waals surface area contributed by atoms with Crippen LogP contribution in [0.4, 0.5) is 13.2 Å². The Hall–Kier alpha value is -3.34. The van der Waals surface area contributed by atoms with Crippen LogP contribution in [-0.2, 0) is 6.18 Å². The first-order valence-corrected chi connectivity index (χ1v) is 8.32. The summed E-state index contributed by atoms with van der Waals surface area (Å²) in [6.45, 7) is 0. The first-order valence-electron chi connectivity index (χ1n) is 8.32. The normalized spacial score (nSPS) is 11.7. The Morgan fingerprint density at radius 3 is 2.22 bits per heavy atom. The predicted molar refractivity (Wildman–Crippen MR) is 99.6 cm³/mol. The average Bonchev–Trinajstić information content (AvgIpc) is 3.05. The average molecular weight is 365 g/mol. The summed E-state index contributed by atoms with van der Waals surface area (Å²) >= 11 is 0. The van der Waals surface area contributed by atoms with E-state index in [0.29, 0.717) is 17.2 Å². The number of hydrogen-bond acceptors (Lipinski definition) is 1. The lowest BCUT2D eigenvalue weighted by Crippen LogP contribution is -2.07. The highest BCUT2D eigenvalue weighted by Gasteiger charge is 2.34. The first-order chi connectivity index (χ1) is 13.0. The Morgan fingerprint density at radius 1 is 0.815 bits per heavy atom. The van der Waals surface area contributed by atoms with Crippen molar-refractivity contribution in [3.05, 3.63) is 83.9 Å². The molecule has 5 heteroatoms. The third kappa shape index (κ3) is 3.01. The van der Waals surface area contributed by atoms with Gasteiger partial charge in [-0.25, -0.2) is 0 Å². The number of hydrogen-bond donors (Lipinski definition) is 1. The smallest absolute Gasteiger partial charge is 0.354 e. The summed E-state index contributed by atoms with van der Waals surface area (Å²) in [7, 11) is 0. The van der Waals surface area contributed by atoms with Crippen LogP contribution in [0, 0.1) is 0 Å². The van der Waals surface area contributed by atoms with Crippen molar-refractivity contribution in [3.8, 4) is 22.4 Å². The summed E-state index contributed by atoms with van der Waals surface area (Å²) in [5.41, 5.74) is 2.06. The summed E-state index contributed by atoms with van der Waals surface area (Å²) in [5.74, 6) is 0. The molecule has 0 unspecified atom stereocenters. The maximum Gasteiger partial charge on any atom is 0.417 e. The molecule has 0 atom stereocenters. The van der Waals surface area contributed by atoms with E-state index in [1.54, 1.807) is 6.07 Å². The molecule has 3 aromatic carbocycles. The van der Waals surface area contributed by atoms with E-state index < -0.39 is 11.7 Å². The Balaban J connectivity index is 1.95. The molecule has 0 saturated carbocycles. The van der Waals surface area contributed by atoms with Gasteiger partial charge in [0.05, 0.1) is 11.3 Å². The number of nitrogens with one attached hydrogen (secondary N) is 1. The molecule has 0 bridgehead atoms. The monoisotopic (exact) mass is 365 g/mol. The number of carbonyl (C=O) groups excluding carboxylic acids is 1. The van der Waals surface area contributed by atoms with Crippen molar-refractivity contribution in [2.75, 3.05) is 0 Å². The molecular weight excluding hydrogens is 351 g/mol. The maximum atomic E-state index is 13.4. The van der Waals surface area contributed by atoms with E-state index in [-0.39, 0.29) is 16.8 Å². The minimum absolute atomic E-state index is 0.0374. The minimum Gasteiger partial charge on any atom is -0.354 e. The van der Waals surface area contributed by atoms with Crippen molar-refractivity contribution in [2.24, 2.45) is 0 Å². The number of fused-ring (bicyclic) bond motifs is 1. The molecule has 0 amide bonds. The molecule has 134 valence electrons. The molecule has 0 aliphatic heterocycles. The highest BCUT2D eigenvalue weighted by molar-refractivity contribution is 6.05. The van der Waals surface area contributed by atoms with Gasteiger partial charge in [0.2, 0.25) is 0 Å². The van der Waals surface area contributed by atoms with Crippen molar-refractivity contribution >= 4 is 17.2 Å². The van der Waals surface area contributed by atoms with Gasteiger partial charge < -0.3 is 4.98 Å². The molecule has 1 heterocycles. The zero-order valence-electron chi connectivity index (χ0n) is 14.0. The third-order valence-electron chi connectivity index (χ3n) is 4.57. The van der Waals surface area contributed by atoms with Crippen molar-refractivity contribution < 1.29 is 18.0 Å². The van der Waals surface area contributed by atoms with Gasteiger partial charge in [0.25, 0.3) is 0 Å². The van der Waals surface area contributed by atoms with E-state index >= 15 is 0 Å². The third-order valence-corrected chi connectivity index (χ3v) is 4.57. The number of halogens is 3. The summed E-state index contributed by atoms with van der Waals surface area (Å²) < 4.78 is 40.2. The second-order valence-electron chi connectivity index (χ2n) is 6.20. The highest BCUT2D eigenvalue weighted by Crippen LogP contribution is 2.39. The van der Waals surface area contributed by atoms with Gasteiger partial charge in [-0.3, -0.25) is 4.79 Å². The molecule has 1 N–H and O–H groups in total. The standard InChI is InChI=1S/C22H14F3NO/c23-22(24,25)19-9-5-4-8-16(19)21-18(13-27)17-12-15(10-11-20(17)26-21)14-6-2-1-3-7-14/h1-13,26H. The second kappa shape index (κ2) is 6.43. The quantitative estimate of drug-likeness (QED) is 0.423. The fourth-order valence-electron chi connectivity index (χ4n) is 3.31. The van der Waals surface area contributed by atoms with Crippen molar-refractivity contribution in [3.63, 3.8) is 0 Å². The number of aldehydes is 1. The number of benzene rings is 3. The number of aromatic amines is 1. The van der Waals surface area contributed by atoms with Gasteiger partial charge in [0, 0.05) is 22.0 Å². The van der Waals surface area contributed by atoms with Gasteiger partial charge in [0.1, 0.15) is 0 Å². The Labute approximate surface area is 153 Å². The van der Waals surface area contributed by atoms with Crippen LogP contribution < -0.4 is 0 Å². The fraction of sp³-hybridized carbons (Fsp3) is 0.0455. The molecule has 0 saturated heterocycles. The van der Waals surface area contributed by atoms with Crippen LogP contribution in [0.2, 0.25) is 0 Å². The Bertz CT molecular complexity index is 1130. The molecular formula is C22H14F3NO. The largest absolute Gasteiger partial charge is 0.417 e. The van der Waals surface area contributed by atoms with Gasteiger partial charge in [-0.2, -0.15) is 13.2 Å². The van der Waals surface area contributed by atoms with Crippen LogP contribution in [0.5, 0.6) is 0 Å². The molecule has 0 fully saturated rings. The van der Waals surface area contributed by atoms with Crippen LogP contribution >= 0.6 is 0 Å². The molecule has 4 rings (SSSR count).